The third-order valence-corrected chi connectivity index (χ3v) is 3.76. The number of phenolic OH excluding ortho intramolecular Hbond substituents is 1. The van der Waals surface area contributed by atoms with Crippen LogP contribution in [0.2, 0.25) is 0 Å². The van der Waals surface area contributed by atoms with E-state index in [1.807, 2.05) is 6.07 Å². The average molecular weight is 235 g/mol. The largest absolute Gasteiger partial charge is 0.508 e. The molecule has 3 heteroatoms. The molecular formula is C14H21NO2. The molecule has 0 spiro atoms. The van der Waals surface area contributed by atoms with Gasteiger partial charge in [0.1, 0.15) is 17.1 Å². The number of phenols is 1. The van der Waals surface area contributed by atoms with Gasteiger partial charge in [-0.25, -0.2) is 0 Å². The monoisotopic (exact) mass is 235 g/mol. The van der Waals surface area contributed by atoms with Crippen LogP contribution in [-0.4, -0.2) is 23.8 Å². The third-order valence-electron chi connectivity index (χ3n) is 3.76. The summed E-state index contributed by atoms with van der Waals surface area (Å²) in [5.74, 6) is 1.19. The number of aromatic hydroxyl groups is 1. The number of hydrogen-bond donors (Lipinski definition) is 1. The van der Waals surface area contributed by atoms with Gasteiger partial charge in [-0.3, -0.25) is 0 Å². The molecule has 0 fully saturated rings. The van der Waals surface area contributed by atoms with Crippen LogP contribution in [0.15, 0.2) is 18.2 Å². The second-order valence-corrected chi connectivity index (χ2v) is 4.66. The normalized spacial score (nSPS) is 17.5. The van der Waals surface area contributed by atoms with Gasteiger partial charge in [-0.15, -0.1) is 0 Å². The van der Waals surface area contributed by atoms with Gasteiger partial charge in [-0.2, -0.15) is 0 Å². The SMILES string of the molecule is CCN1CC(CC)(CC)Oc2ccc(O)cc21. The number of nitrogens with zero attached hydrogens (tertiary/aromatic N) is 1. The molecule has 17 heavy (non-hydrogen) atoms. The molecule has 1 aliphatic heterocycles. The van der Waals surface area contributed by atoms with Gasteiger partial charge in [0.25, 0.3) is 0 Å². The molecule has 1 aliphatic rings. The molecule has 0 radical (unpaired) electrons. The summed E-state index contributed by atoms with van der Waals surface area (Å²) in [6, 6.07) is 5.34. The molecule has 1 aromatic rings. The third kappa shape index (κ3) is 2.06. The van der Waals surface area contributed by atoms with Gasteiger partial charge in [0, 0.05) is 12.6 Å². The molecule has 0 aliphatic carbocycles. The molecule has 0 aromatic heterocycles. The fourth-order valence-corrected chi connectivity index (χ4v) is 2.44. The van der Waals surface area contributed by atoms with E-state index in [9.17, 15) is 5.11 Å². The maximum Gasteiger partial charge on any atom is 0.143 e. The van der Waals surface area contributed by atoms with Crippen molar-refractivity contribution in [2.24, 2.45) is 0 Å². The highest BCUT2D eigenvalue weighted by molar-refractivity contribution is 5.63. The van der Waals surface area contributed by atoms with Crippen molar-refractivity contribution in [3.05, 3.63) is 18.2 Å². The first kappa shape index (κ1) is 12.1. The molecule has 0 saturated heterocycles. The average Bonchev–Trinajstić information content (AvgIpc) is 2.37. The summed E-state index contributed by atoms with van der Waals surface area (Å²) >= 11 is 0. The predicted octanol–water partition coefficient (Wildman–Crippen LogP) is 3.17. The number of anilines is 1. The first-order valence-corrected chi connectivity index (χ1v) is 6.41. The van der Waals surface area contributed by atoms with Gasteiger partial charge < -0.3 is 14.7 Å². The van der Waals surface area contributed by atoms with Crippen LogP contribution in [0.1, 0.15) is 33.6 Å². The van der Waals surface area contributed by atoms with Gasteiger partial charge in [0.15, 0.2) is 0 Å². The molecule has 0 unspecified atom stereocenters. The molecule has 1 N–H and O–H groups in total. The molecule has 3 nitrogen and oxygen atoms in total. The highest BCUT2D eigenvalue weighted by Gasteiger charge is 2.36. The first-order chi connectivity index (χ1) is 8.14. The van der Waals surface area contributed by atoms with Crippen molar-refractivity contribution in [2.75, 3.05) is 18.0 Å². The Bertz CT molecular complexity index is 399. The Hall–Kier alpha value is -1.38. The lowest BCUT2D eigenvalue weighted by Gasteiger charge is -2.43. The van der Waals surface area contributed by atoms with Gasteiger partial charge in [-0.05, 0) is 31.9 Å². The van der Waals surface area contributed by atoms with Crippen LogP contribution in [0.5, 0.6) is 11.5 Å². The number of rotatable bonds is 3. The van der Waals surface area contributed by atoms with Crippen molar-refractivity contribution in [1.29, 1.82) is 0 Å². The van der Waals surface area contributed by atoms with Crippen LogP contribution in [0.4, 0.5) is 5.69 Å². The lowest BCUT2D eigenvalue weighted by molar-refractivity contribution is 0.0577. The minimum atomic E-state index is -0.0834. The number of fused-ring (bicyclic) bond motifs is 1. The van der Waals surface area contributed by atoms with E-state index in [0.29, 0.717) is 5.75 Å². The second-order valence-electron chi connectivity index (χ2n) is 4.66. The Morgan fingerprint density at radius 1 is 1.29 bits per heavy atom. The summed E-state index contributed by atoms with van der Waals surface area (Å²) in [4.78, 5) is 2.28. The molecule has 94 valence electrons. The molecular weight excluding hydrogens is 214 g/mol. The Morgan fingerprint density at radius 2 is 2.00 bits per heavy atom. The number of benzene rings is 1. The van der Waals surface area contributed by atoms with Crippen LogP contribution >= 0.6 is 0 Å². The van der Waals surface area contributed by atoms with Crippen LogP contribution < -0.4 is 9.64 Å². The molecule has 0 saturated carbocycles. The summed E-state index contributed by atoms with van der Waals surface area (Å²) in [5.41, 5.74) is 0.921. The molecule has 1 heterocycles. The minimum absolute atomic E-state index is 0.0834. The van der Waals surface area contributed by atoms with Crippen molar-refractivity contribution in [3.63, 3.8) is 0 Å². The van der Waals surface area contributed by atoms with Crippen LogP contribution in [0.3, 0.4) is 0 Å². The number of likely N-dealkylation sites (N-methyl/N-ethyl adjacent to an activating group) is 1. The maximum absolute atomic E-state index is 9.56. The van der Waals surface area contributed by atoms with Gasteiger partial charge in [-0.1, -0.05) is 13.8 Å². The summed E-state index contributed by atoms with van der Waals surface area (Å²) in [6.07, 6.45) is 2.00. The van der Waals surface area contributed by atoms with Crippen molar-refractivity contribution < 1.29 is 9.84 Å². The van der Waals surface area contributed by atoms with Crippen LogP contribution in [0, 0.1) is 0 Å². The van der Waals surface area contributed by atoms with Crippen LogP contribution in [0.25, 0.3) is 0 Å². The van der Waals surface area contributed by atoms with Gasteiger partial charge in [0.05, 0.1) is 12.2 Å². The molecule has 2 rings (SSSR count). The molecule has 0 bridgehead atoms. The lowest BCUT2D eigenvalue weighted by Crippen LogP contribution is -2.50. The van der Waals surface area contributed by atoms with E-state index in [-0.39, 0.29) is 5.60 Å². The Balaban J connectivity index is 2.42. The summed E-state index contributed by atoms with van der Waals surface area (Å²) in [5, 5.41) is 9.56. The summed E-state index contributed by atoms with van der Waals surface area (Å²) in [7, 11) is 0. The van der Waals surface area contributed by atoms with Gasteiger partial charge >= 0.3 is 0 Å². The highest BCUT2D eigenvalue weighted by Crippen LogP contribution is 2.41. The zero-order chi connectivity index (χ0) is 12.5. The summed E-state index contributed by atoms with van der Waals surface area (Å²) in [6.45, 7) is 8.30. The first-order valence-electron chi connectivity index (χ1n) is 6.41. The summed E-state index contributed by atoms with van der Waals surface area (Å²) < 4.78 is 6.15. The molecule has 0 amide bonds. The van der Waals surface area contributed by atoms with Crippen molar-refractivity contribution in [1.82, 2.24) is 0 Å². The lowest BCUT2D eigenvalue weighted by atomic mass is 9.94. The standard InChI is InChI=1S/C14H21NO2/c1-4-14(5-2)10-15(6-3)12-9-11(16)7-8-13(12)17-14/h7-9,16H,4-6,10H2,1-3H3. The highest BCUT2D eigenvalue weighted by atomic mass is 16.5. The van der Waals surface area contributed by atoms with Gasteiger partial charge in [0.2, 0.25) is 0 Å². The predicted molar refractivity (Wildman–Crippen MR) is 69.9 cm³/mol. The number of ether oxygens (including phenoxy) is 1. The topological polar surface area (TPSA) is 32.7 Å². The van der Waals surface area contributed by atoms with E-state index in [0.717, 1.165) is 37.4 Å². The van der Waals surface area contributed by atoms with Crippen molar-refractivity contribution >= 4 is 5.69 Å². The van der Waals surface area contributed by atoms with E-state index in [4.69, 9.17) is 4.74 Å². The van der Waals surface area contributed by atoms with Crippen molar-refractivity contribution in [2.45, 2.75) is 39.2 Å². The van der Waals surface area contributed by atoms with E-state index < -0.39 is 0 Å². The maximum atomic E-state index is 9.56. The molecule has 1 aromatic carbocycles. The van der Waals surface area contributed by atoms with E-state index >= 15 is 0 Å². The Labute approximate surface area is 103 Å². The van der Waals surface area contributed by atoms with Crippen LogP contribution in [-0.2, 0) is 0 Å². The Kier molecular flexibility index (Phi) is 3.18. The second kappa shape index (κ2) is 4.47. The quantitative estimate of drug-likeness (QED) is 0.873. The van der Waals surface area contributed by atoms with E-state index in [1.54, 1.807) is 12.1 Å². The molecule has 0 atom stereocenters. The Morgan fingerprint density at radius 3 is 2.59 bits per heavy atom. The fraction of sp³-hybridized carbons (Fsp3) is 0.571. The zero-order valence-electron chi connectivity index (χ0n) is 10.9. The van der Waals surface area contributed by atoms with E-state index in [1.165, 1.54) is 0 Å². The smallest absolute Gasteiger partial charge is 0.143 e. The minimum Gasteiger partial charge on any atom is -0.508 e. The van der Waals surface area contributed by atoms with E-state index in [2.05, 4.69) is 25.7 Å². The van der Waals surface area contributed by atoms with Crippen molar-refractivity contribution in [3.8, 4) is 11.5 Å². The zero-order valence-corrected chi connectivity index (χ0v) is 10.9. The fourth-order valence-electron chi connectivity index (χ4n) is 2.44. The number of hydrogen-bond acceptors (Lipinski definition) is 3.